The number of fused-ring (bicyclic) bond motifs is 2. The number of benzene rings is 3. The fraction of sp³-hybridized carbons (Fsp3) is 0.120. The van der Waals surface area contributed by atoms with Gasteiger partial charge in [-0.05, 0) is 50.0 Å². The lowest BCUT2D eigenvalue weighted by Crippen LogP contribution is -2.10. The molecule has 6 heteroatoms. The van der Waals surface area contributed by atoms with Gasteiger partial charge in [-0.15, -0.1) is 0 Å². The molecule has 5 aromatic rings. The number of hydrogen-bond acceptors (Lipinski definition) is 4. The van der Waals surface area contributed by atoms with E-state index in [4.69, 9.17) is 4.99 Å². The molecule has 0 amide bonds. The second-order valence-corrected chi connectivity index (χ2v) is 7.89. The minimum absolute atomic E-state index is 0.105. The first-order valence-electron chi connectivity index (χ1n) is 10.1. The lowest BCUT2D eigenvalue weighted by molar-refractivity contribution is 0.402. The highest BCUT2D eigenvalue weighted by molar-refractivity contribution is 6.22. The number of aromatic nitrogens is 3. The predicted octanol–water partition coefficient (Wildman–Crippen LogP) is 4.98. The van der Waals surface area contributed by atoms with Crippen LogP contribution in [0.1, 0.15) is 16.7 Å². The summed E-state index contributed by atoms with van der Waals surface area (Å²) in [7, 11) is 4.10. The molecule has 0 fully saturated rings. The molecule has 0 bridgehead atoms. The van der Waals surface area contributed by atoms with Gasteiger partial charge in [-0.2, -0.15) is 0 Å². The van der Waals surface area contributed by atoms with Crippen molar-refractivity contribution in [3.63, 3.8) is 0 Å². The summed E-state index contributed by atoms with van der Waals surface area (Å²) < 4.78 is 0. The topological polar surface area (TPSA) is 80.3 Å². The van der Waals surface area contributed by atoms with Crippen LogP contribution in [0.25, 0.3) is 21.9 Å². The third kappa shape index (κ3) is 3.69. The number of hydrogen-bond donors (Lipinski definition) is 3. The van der Waals surface area contributed by atoms with Crippen molar-refractivity contribution in [2.45, 2.75) is 6.54 Å². The Morgan fingerprint density at radius 3 is 2.61 bits per heavy atom. The maximum absolute atomic E-state index is 10.8. The molecule has 3 aromatic carbocycles. The standard InChI is InChI=1S/C25H23N5O/c1-30(2)14-16-7-10-18(11-8-16)28-24(17-9-12-21-22(13-17)27-15-26-21)23-19-5-3-4-6-20(19)29-25(23)31/h3-13,15,29,31H,14H2,1-2H3,(H,26,27). The summed E-state index contributed by atoms with van der Waals surface area (Å²) in [5, 5.41) is 11.7. The summed E-state index contributed by atoms with van der Waals surface area (Å²) in [6.45, 7) is 0.872. The molecule has 6 nitrogen and oxygen atoms in total. The van der Waals surface area contributed by atoms with Crippen molar-refractivity contribution in [2.24, 2.45) is 4.99 Å². The van der Waals surface area contributed by atoms with E-state index in [0.717, 1.165) is 39.7 Å². The number of nitrogens with one attached hydrogen (secondary N) is 2. The maximum Gasteiger partial charge on any atom is 0.199 e. The van der Waals surface area contributed by atoms with Crippen LogP contribution in [0.4, 0.5) is 5.69 Å². The van der Waals surface area contributed by atoms with Crippen LogP contribution in [0.2, 0.25) is 0 Å². The molecular formula is C25H23N5O. The number of aromatic amines is 2. The lowest BCUT2D eigenvalue weighted by atomic mass is 10.00. The van der Waals surface area contributed by atoms with Crippen LogP contribution in [0.5, 0.6) is 5.88 Å². The number of nitrogens with zero attached hydrogens (tertiary/aromatic N) is 3. The van der Waals surface area contributed by atoms with Gasteiger partial charge >= 0.3 is 0 Å². The predicted molar refractivity (Wildman–Crippen MR) is 125 cm³/mol. The average Bonchev–Trinajstić information content (AvgIpc) is 3.36. The zero-order valence-electron chi connectivity index (χ0n) is 17.4. The number of aromatic hydroxyl groups is 1. The van der Waals surface area contributed by atoms with Gasteiger partial charge in [-0.1, -0.05) is 36.4 Å². The maximum atomic E-state index is 10.8. The Balaban J connectivity index is 1.69. The highest BCUT2D eigenvalue weighted by Gasteiger charge is 2.19. The smallest absolute Gasteiger partial charge is 0.199 e. The van der Waals surface area contributed by atoms with Gasteiger partial charge in [0.15, 0.2) is 5.88 Å². The van der Waals surface area contributed by atoms with Gasteiger partial charge < -0.3 is 20.0 Å². The molecule has 5 rings (SSSR count). The van der Waals surface area contributed by atoms with E-state index in [-0.39, 0.29) is 5.88 Å². The van der Waals surface area contributed by atoms with E-state index in [1.807, 2.05) is 54.6 Å². The summed E-state index contributed by atoms with van der Waals surface area (Å²) in [6.07, 6.45) is 1.68. The minimum Gasteiger partial charge on any atom is -0.494 e. The Bertz CT molecular complexity index is 1390. The molecule has 0 saturated carbocycles. The lowest BCUT2D eigenvalue weighted by Gasteiger charge is -2.10. The molecular weight excluding hydrogens is 386 g/mol. The summed E-state index contributed by atoms with van der Waals surface area (Å²) >= 11 is 0. The van der Waals surface area contributed by atoms with Crippen LogP contribution in [0.3, 0.4) is 0 Å². The first-order chi connectivity index (χ1) is 15.1. The molecule has 0 radical (unpaired) electrons. The Morgan fingerprint density at radius 1 is 1.00 bits per heavy atom. The summed E-state index contributed by atoms with van der Waals surface area (Å²) in [6, 6.07) is 22.0. The van der Waals surface area contributed by atoms with Crippen LogP contribution in [0, 0.1) is 0 Å². The minimum atomic E-state index is 0.105. The molecule has 2 heterocycles. The van der Waals surface area contributed by atoms with Crippen LogP contribution in [0.15, 0.2) is 78.0 Å². The van der Waals surface area contributed by atoms with Gasteiger partial charge in [-0.25, -0.2) is 9.98 Å². The normalized spacial score (nSPS) is 12.3. The van der Waals surface area contributed by atoms with E-state index in [1.165, 1.54) is 5.56 Å². The van der Waals surface area contributed by atoms with Crippen molar-refractivity contribution in [2.75, 3.05) is 14.1 Å². The first-order valence-corrected chi connectivity index (χ1v) is 10.1. The van der Waals surface area contributed by atoms with E-state index in [1.54, 1.807) is 6.33 Å². The fourth-order valence-electron chi connectivity index (χ4n) is 3.89. The summed E-state index contributed by atoms with van der Waals surface area (Å²) in [4.78, 5) is 17.7. The number of rotatable bonds is 5. The van der Waals surface area contributed by atoms with Crippen molar-refractivity contribution >= 4 is 33.3 Å². The summed E-state index contributed by atoms with van der Waals surface area (Å²) in [5.41, 5.74) is 7.01. The van der Waals surface area contributed by atoms with E-state index in [9.17, 15) is 5.11 Å². The van der Waals surface area contributed by atoms with Gasteiger partial charge in [0.05, 0.1) is 34.3 Å². The van der Waals surface area contributed by atoms with Gasteiger partial charge in [-0.3, -0.25) is 0 Å². The van der Waals surface area contributed by atoms with Crippen LogP contribution in [-0.4, -0.2) is 44.8 Å². The van der Waals surface area contributed by atoms with E-state index in [0.29, 0.717) is 11.3 Å². The van der Waals surface area contributed by atoms with Crippen molar-refractivity contribution in [3.8, 4) is 5.88 Å². The van der Waals surface area contributed by atoms with Crippen molar-refractivity contribution in [1.82, 2.24) is 19.9 Å². The first kappa shape index (κ1) is 19.1. The molecule has 154 valence electrons. The van der Waals surface area contributed by atoms with Gasteiger partial charge in [0.1, 0.15) is 0 Å². The molecule has 0 saturated heterocycles. The molecule has 2 aromatic heterocycles. The molecule has 0 spiro atoms. The van der Waals surface area contributed by atoms with E-state index < -0.39 is 0 Å². The van der Waals surface area contributed by atoms with Gasteiger partial charge in [0.25, 0.3) is 0 Å². The quantitative estimate of drug-likeness (QED) is 0.358. The molecule has 3 N–H and O–H groups in total. The average molecular weight is 409 g/mol. The Labute approximate surface area is 179 Å². The van der Waals surface area contributed by atoms with Crippen LogP contribution >= 0.6 is 0 Å². The molecule has 0 unspecified atom stereocenters. The van der Waals surface area contributed by atoms with Crippen LogP contribution in [-0.2, 0) is 6.54 Å². The zero-order valence-corrected chi connectivity index (χ0v) is 17.4. The Morgan fingerprint density at radius 2 is 1.81 bits per heavy atom. The number of imidazole rings is 1. The summed E-state index contributed by atoms with van der Waals surface area (Å²) in [5.74, 6) is 0.105. The Kier molecular flexibility index (Phi) is 4.76. The third-order valence-electron chi connectivity index (χ3n) is 5.29. The number of para-hydroxylation sites is 1. The second-order valence-electron chi connectivity index (χ2n) is 7.89. The monoisotopic (exact) mass is 409 g/mol. The fourth-order valence-corrected chi connectivity index (χ4v) is 3.89. The SMILES string of the molecule is CN(C)Cc1ccc(N=C(c2ccc3nc[nH]c3c2)c2c(O)[nH]c3ccccc23)cc1. The van der Waals surface area contributed by atoms with Crippen LogP contribution < -0.4 is 0 Å². The highest BCUT2D eigenvalue weighted by Crippen LogP contribution is 2.32. The highest BCUT2D eigenvalue weighted by atomic mass is 16.3. The molecule has 0 atom stereocenters. The van der Waals surface area contributed by atoms with Gasteiger partial charge in [0, 0.05) is 23.0 Å². The molecule has 0 aliphatic rings. The zero-order chi connectivity index (χ0) is 21.4. The van der Waals surface area contributed by atoms with Crippen molar-refractivity contribution < 1.29 is 5.11 Å². The van der Waals surface area contributed by atoms with E-state index >= 15 is 0 Å². The van der Waals surface area contributed by atoms with Crippen molar-refractivity contribution in [1.29, 1.82) is 0 Å². The third-order valence-corrected chi connectivity index (χ3v) is 5.29. The molecule has 0 aliphatic heterocycles. The number of H-pyrrole nitrogens is 2. The Hall–Kier alpha value is -3.90. The molecule has 0 aliphatic carbocycles. The van der Waals surface area contributed by atoms with Crippen molar-refractivity contribution in [3.05, 3.63) is 89.7 Å². The molecule has 31 heavy (non-hydrogen) atoms. The van der Waals surface area contributed by atoms with Gasteiger partial charge in [0.2, 0.25) is 0 Å². The second kappa shape index (κ2) is 7.74. The largest absolute Gasteiger partial charge is 0.494 e. The van der Waals surface area contributed by atoms with E-state index in [2.05, 4.69) is 46.1 Å². The number of aliphatic imine (C=N–C) groups is 1.